The molecule has 0 unspecified atom stereocenters. The van der Waals surface area contributed by atoms with E-state index < -0.39 is 11.6 Å². The smallest absolute Gasteiger partial charge is 0.224 e. The van der Waals surface area contributed by atoms with E-state index in [0.29, 0.717) is 16.1 Å². The number of halogens is 3. The van der Waals surface area contributed by atoms with E-state index in [9.17, 15) is 8.78 Å². The number of nitrogens with one attached hydrogen (secondary N) is 1. The molecule has 0 atom stereocenters. The molecule has 2 aromatic rings. The highest BCUT2D eigenvalue weighted by Crippen LogP contribution is 2.29. The molecule has 0 saturated heterocycles. The summed E-state index contributed by atoms with van der Waals surface area (Å²) in [5, 5.41) is 3.09. The van der Waals surface area contributed by atoms with Gasteiger partial charge in [-0.3, -0.25) is 0 Å². The van der Waals surface area contributed by atoms with Crippen LogP contribution >= 0.6 is 15.9 Å². The molecule has 0 saturated carbocycles. The van der Waals surface area contributed by atoms with Gasteiger partial charge in [-0.25, -0.2) is 9.37 Å². The summed E-state index contributed by atoms with van der Waals surface area (Å²) in [5.74, 6) is -1.08. The zero-order chi connectivity index (χ0) is 15.4. The molecule has 1 aromatic carbocycles. The Morgan fingerprint density at radius 1 is 1.24 bits per heavy atom. The van der Waals surface area contributed by atoms with Gasteiger partial charge in [-0.05, 0) is 25.5 Å². The van der Waals surface area contributed by atoms with Crippen LogP contribution in [0.25, 0.3) is 0 Å². The van der Waals surface area contributed by atoms with Gasteiger partial charge < -0.3 is 10.1 Å². The van der Waals surface area contributed by atoms with Crippen LogP contribution < -0.4 is 10.1 Å². The van der Waals surface area contributed by atoms with E-state index in [2.05, 4.69) is 31.2 Å². The molecule has 2 rings (SSSR count). The van der Waals surface area contributed by atoms with E-state index in [1.807, 2.05) is 6.92 Å². The topological polar surface area (TPSA) is 47.0 Å². The maximum Gasteiger partial charge on any atom is 0.224 e. The van der Waals surface area contributed by atoms with Gasteiger partial charge in [0.2, 0.25) is 11.7 Å². The van der Waals surface area contributed by atoms with Crippen molar-refractivity contribution in [2.45, 2.75) is 20.3 Å². The molecule has 0 aliphatic carbocycles. The minimum Gasteiger partial charge on any atom is -0.436 e. The van der Waals surface area contributed by atoms with E-state index in [4.69, 9.17) is 4.74 Å². The lowest BCUT2D eigenvalue weighted by atomic mass is 10.3. The predicted molar refractivity (Wildman–Crippen MR) is 79.7 cm³/mol. The molecule has 1 heterocycles. The third kappa shape index (κ3) is 4.10. The summed E-state index contributed by atoms with van der Waals surface area (Å²) in [4.78, 5) is 8.25. The first-order valence-corrected chi connectivity index (χ1v) is 7.21. The predicted octanol–water partition coefficient (Wildman–Crippen LogP) is 4.44. The summed E-state index contributed by atoms with van der Waals surface area (Å²) in [6.45, 7) is 4.47. The molecule has 7 heteroatoms. The average Bonchev–Trinajstić information content (AvgIpc) is 2.41. The maximum absolute atomic E-state index is 13.7. The molecule has 4 nitrogen and oxygen atoms in total. The number of rotatable bonds is 5. The number of aromatic nitrogens is 2. The van der Waals surface area contributed by atoms with Gasteiger partial charge in [0, 0.05) is 17.1 Å². The van der Waals surface area contributed by atoms with Crippen molar-refractivity contribution in [2.24, 2.45) is 0 Å². The fourth-order valence-electron chi connectivity index (χ4n) is 1.66. The lowest BCUT2D eigenvalue weighted by Crippen LogP contribution is -2.04. The van der Waals surface area contributed by atoms with Crippen LogP contribution in [0.3, 0.4) is 0 Å². The monoisotopic (exact) mass is 357 g/mol. The highest BCUT2D eigenvalue weighted by atomic mass is 79.9. The van der Waals surface area contributed by atoms with Gasteiger partial charge in [0.15, 0.2) is 11.6 Å². The number of anilines is 1. The molecule has 1 aromatic heterocycles. The van der Waals surface area contributed by atoms with Crippen molar-refractivity contribution >= 4 is 21.7 Å². The Kier molecular flexibility index (Phi) is 5.06. The minimum atomic E-state index is -1.06. The molecule has 21 heavy (non-hydrogen) atoms. The highest BCUT2D eigenvalue weighted by molar-refractivity contribution is 9.10. The van der Waals surface area contributed by atoms with Crippen LogP contribution in [0, 0.1) is 18.6 Å². The second-order valence-electron chi connectivity index (χ2n) is 4.37. The average molecular weight is 358 g/mol. The second kappa shape index (κ2) is 6.80. The highest BCUT2D eigenvalue weighted by Gasteiger charge is 2.13. The summed E-state index contributed by atoms with van der Waals surface area (Å²) in [7, 11) is 0. The van der Waals surface area contributed by atoms with Gasteiger partial charge >= 0.3 is 0 Å². The number of aryl methyl sites for hydroxylation is 1. The Bertz CT molecular complexity index is 652. The third-order valence-corrected chi connectivity index (χ3v) is 3.00. The number of hydrogen-bond acceptors (Lipinski definition) is 4. The van der Waals surface area contributed by atoms with Crippen LogP contribution in [-0.4, -0.2) is 16.5 Å². The Hall–Kier alpha value is -1.76. The molecule has 0 radical (unpaired) electrons. The van der Waals surface area contributed by atoms with Gasteiger partial charge in [0.05, 0.1) is 0 Å². The van der Waals surface area contributed by atoms with E-state index in [1.54, 1.807) is 13.0 Å². The summed E-state index contributed by atoms with van der Waals surface area (Å²) >= 11 is 3.09. The third-order valence-electron chi connectivity index (χ3n) is 2.54. The van der Waals surface area contributed by atoms with E-state index >= 15 is 0 Å². The lowest BCUT2D eigenvalue weighted by Gasteiger charge is -2.10. The molecular weight excluding hydrogens is 344 g/mol. The Labute approximate surface area is 129 Å². The SMILES string of the molecule is CCCNc1cc(Oc2cc(Br)cc(F)c2F)nc(C)n1. The van der Waals surface area contributed by atoms with Gasteiger partial charge in [-0.2, -0.15) is 9.37 Å². The van der Waals surface area contributed by atoms with Crippen molar-refractivity contribution in [1.29, 1.82) is 0 Å². The molecular formula is C14H14BrF2N3O. The van der Waals surface area contributed by atoms with Crippen molar-refractivity contribution in [2.75, 3.05) is 11.9 Å². The quantitative estimate of drug-likeness (QED) is 0.803. The number of hydrogen-bond donors (Lipinski definition) is 1. The molecule has 0 aliphatic rings. The van der Waals surface area contributed by atoms with E-state index in [1.165, 1.54) is 6.07 Å². The number of nitrogens with zero attached hydrogens (tertiary/aromatic N) is 2. The van der Waals surface area contributed by atoms with Crippen LogP contribution in [0.15, 0.2) is 22.7 Å². The van der Waals surface area contributed by atoms with Crippen molar-refractivity contribution in [1.82, 2.24) is 9.97 Å². The molecule has 112 valence electrons. The molecule has 0 spiro atoms. The van der Waals surface area contributed by atoms with Crippen molar-refractivity contribution in [3.05, 3.63) is 40.1 Å². The van der Waals surface area contributed by atoms with Crippen LogP contribution in [-0.2, 0) is 0 Å². The maximum atomic E-state index is 13.7. The van der Waals surface area contributed by atoms with E-state index in [0.717, 1.165) is 19.0 Å². The zero-order valence-corrected chi connectivity index (χ0v) is 13.2. The van der Waals surface area contributed by atoms with E-state index in [-0.39, 0.29) is 11.6 Å². The molecule has 0 fully saturated rings. The molecule has 0 bridgehead atoms. The van der Waals surface area contributed by atoms with Gasteiger partial charge in [0.1, 0.15) is 11.6 Å². The Morgan fingerprint density at radius 3 is 2.71 bits per heavy atom. The second-order valence-corrected chi connectivity index (χ2v) is 5.28. The first-order valence-electron chi connectivity index (χ1n) is 6.41. The van der Waals surface area contributed by atoms with Crippen molar-refractivity contribution < 1.29 is 13.5 Å². The van der Waals surface area contributed by atoms with Gasteiger partial charge in [-0.1, -0.05) is 22.9 Å². The zero-order valence-electron chi connectivity index (χ0n) is 11.6. The fraction of sp³-hybridized carbons (Fsp3) is 0.286. The normalized spacial score (nSPS) is 10.5. The standard InChI is InChI=1S/C14H14BrF2N3O/c1-3-4-18-12-7-13(20-8(2)19-12)21-11-6-9(15)5-10(16)14(11)17/h5-7H,3-4H2,1-2H3,(H,18,19,20). The summed E-state index contributed by atoms with van der Waals surface area (Å²) in [5.41, 5.74) is 0. The Morgan fingerprint density at radius 2 is 2.00 bits per heavy atom. The first-order chi connectivity index (χ1) is 9.99. The fourth-order valence-corrected chi connectivity index (χ4v) is 2.06. The minimum absolute atomic E-state index is 0.150. The summed E-state index contributed by atoms with van der Waals surface area (Å²) in [6, 6.07) is 3.91. The van der Waals surface area contributed by atoms with Crippen LogP contribution in [0.2, 0.25) is 0 Å². The lowest BCUT2D eigenvalue weighted by molar-refractivity contribution is 0.403. The molecule has 0 aliphatic heterocycles. The van der Waals surface area contributed by atoms with Crippen molar-refractivity contribution in [3.63, 3.8) is 0 Å². The largest absolute Gasteiger partial charge is 0.436 e. The molecule has 0 amide bonds. The van der Waals surface area contributed by atoms with Gasteiger partial charge in [-0.15, -0.1) is 0 Å². The van der Waals surface area contributed by atoms with Crippen molar-refractivity contribution in [3.8, 4) is 11.6 Å². The molecule has 1 N–H and O–H groups in total. The van der Waals surface area contributed by atoms with Gasteiger partial charge in [0.25, 0.3) is 0 Å². The van der Waals surface area contributed by atoms with Crippen LogP contribution in [0.1, 0.15) is 19.2 Å². The van der Waals surface area contributed by atoms with Crippen LogP contribution in [0.4, 0.5) is 14.6 Å². The number of ether oxygens (including phenoxy) is 1. The number of benzene rings is 1. The first kappa shape index (κ1) is 15.6. The van der Waals surface area contributed by atoms with Crippen LogP contribution in [0.5, 0.6) is 11.6 Å². The summed E-state index contributed by atoms with van der Waals surface area (Å²) in [6.07, 6.45) is 0.935. The Balaban J connectivity index is 2.29. The summed E-state index contributed by atoms with van der Waals surface area (Å²) < 4.78 is 32.7.